The van der Waals surface area contributed by atoms with Crippen LogP contribution in [0.15, 0.2) is 28.9 Å². The van der Waals surface area contributed by atoms with Gasteiger partial charge in [0, 0.05) is 6.54 Å². The summed E-state index contributed by atoms with van der Waals surface area (Å²) in [6.45, 7) is 2.84. The lowest BCUT2D eigenvalue weighted by Crippen LogP contribution is -2.18. The van der Waals surface area contributed by atoms with Gasteiger partial charge in [0.15, 0.2) is 11.6 Å². The molecule has 0 fully saturated rings. The number of nitrogens with two attached hydrogens (primary N) is 1. The average Bonchev–Trinajstić information content (AvgIpc) is 2.79. The third-order valence-corrected chi connectivity index (χ3v) is 3.71. The highest BCUT2D eigenvalue weighted by Crippen LogP contribution is 2.29. The molecule has 1 aromatic heterocycles. The number of aryl methyl sites for hydroxylation is 1. The fourth-order valence-corrected chi connectivity index (χ4v) is 2.65. The van der Waals surface area contributed by atoms with Crippen LogP contribution in [0.4, 0.5) is 4.39 Å². The smallest absolute Gasteiger partial charge is 0.165 e. The van der Waals surface area contributed by atoms with Gasteiger partial charge in [-0.2, -0.15) is 5.10 Å². The molecule has 2 N–H and O–H groups in total. The number of nitrogens with zero attached hydrogens (tertiary/aromatic N) is 2. The second-order valence-electron chi connectivity index (χ2n) is 4.47. The Balaban J connectivity index is 2.38. The van der Waals surface area contributed by atoms with E-state index >= 15 is 0 Å². The molecule has 0 aliphatic heterocycles. The maximum atomic E-state index is 13.8. The highest BCUT2D eigenvalue weighted by Gasteiger charge is 2.19. The highest BCUT2D eigenvalue weighted by molar-refractivity contribution is 9.10. The fraction of sp³-hybridized carbons (Fsp3) is 0.357. The molecule has 0 saturated heterocycles. The first-order chi connectivity index (χ1) is 9.58. The highest BCUT2D eigenvalue weighted by atomic mass is 79.9. The minimum atomic E-state index is -0.446. The molecule has 4 nitrogen and oxygen atoms in total. The van der Waals surface area contributed by atoms with Crippen molar-refractivity contribution in [2.75, 3.05) is 7.11 Å². The van der Waals surface area contributed by atoms with Gasteiger partial charge in [-0.1, -0.05) is 13.0 Å². The summed E-state index contributed by atoms with van der Waals surface area (Å²) >= 11 is 3.45. The quantitative estimate of drug-likeness (QED) is 0.908. The largest absolute Gasteiger partial charge is 0.494 e. The monoisotopic (exact) mass is 341 g/mol. The molecule has 0 spiro atoms. The molecule has 0 aliphatic rings. The van der Waals surface area contributed by atoms with E-state index in [4.69, 9.17) is 10.5 Å². The van der Waals surface area contributed by atoms with Gasteiger partial charge in [0.2, 0.25) is 0 Å². The van der Waals surface area contributed by atoms with E-state index in [0.717, 1.165) is 23.1 Å². The summed E-state index contributed by atoms with van der Waals surface area (Å²) in [6.07, 6.45) is 2.66. The van der Waals surface area contributed by atoms with Crippen LogP contribution in [0.3, 0.4) is 0 Å². The molecule has 0 radical (unpaired) electrons. The van der Waals surface area contributed by atoms with Gasteiger partial charge in [-0.3, -0.25) is 4.68 Å². The minimum absolute atomic E-state index is 0.210. The molecule has 6 heteroatoms. The van der Waals surface area contributed by atoms with Gasteiger partial charge >= 0.3 is 0 Å². The van der Waals surface area contributed by atoms with E-state index < -0.39 is 11.9 Å². The van der Waals surface area contributed by atoms with Crippen LogP contribution in [0.25, 0.3) is 0 Å². The van der Waals surface area contributed by atoms with E-state index in [0.29, 0.717) is 5.56 Å². The summed E-state index contributed by atoms with van der Waals surface area (Å²) in [5.74, 6) is -0.208. The predicted molar refractivity (Wildman–Crippen MR) is 79.2 cm³/mol. The van der Waals surface area contributed by atoms with Gasteiger partial charge in [0.05, 0.1) is 29.5 Å². The van der Waals surface area contributed by atoms with E-state index in [2.05, 4.69) is 28.0 Å². The summed E-state index contributed by atoms with van der Waals surface area (Å²) < 4.78 is 21.4. The van der Waals surface area contributed by atoms with E-state index in [1.165, 1.54) is 13.2 Å². The lowest BCUT2D eigenvalue weighted by atomic mass is 10.0. The number of hydrogen-bond acceptors (Lipinski definition) is 3. The molecule has 1 atom stereocenters. The Hall–Kier alpha value is -1.40. The van der Waals surface area contributed by atoms with E-state index in [1.807, 2.05) is 4.68 Å². The molecular weight excluding hydrogens is 325 g/mol. The van der Waals surface area contributed by atoms with Crippen molar-refractivity contribution in [3.63, 3.8) is 0 Å². The number of ether oxygens (including phenoxy) is 1. The van der Waals surface area contributed by atoms with E-state index in [9.17, 15) is 4.39 Å². The lowest BCUT2D eigenvalue weighted by molar-refractivity contribution is 0.386. The van der Waals surface area contributed by atoms with Crippen LogP contribution >= 0.6 is 15.9 Å². The lowest BCUT2D eigenvalue weighted by Gasteiger charge is -2.16. The zero-order valence-corrected chi connectivity index (χ0v) is 13.0. The zero-order valence-electron chi connectivity index (χ0n) is 11.4. The van der Waals surface area contributed by atoms with Crippen LogP contribution in [0.5, 0.6) is 5.75 Å². The first-order valence-electron chi connectivity index (χ1n) is 6.38. The Morgan fingerprint density at radius 2 is 2.25 bits per heavy atom. The summed E-state index contributed by atoms with van der Waals surface area (Å²) in [6, 6.07) is 4.30. The molecule has 0 aliphatic carbocycles. The maximum absolute atomic E-state index is 13.8. The Labute approximate surface area is 125 Å². The van der Waals surface area contributed by atoms with Crippen molar-refractivity contribution in [3.05, 3.63) is 45.9 Å². The van der Waals surface area contributed by atoms with Crippen LogP contribution in [-0.4, -0.2) is 16.9 Å². The van der Waals surface area contributed by atoms with Gasteiger partial charge in [-0.15, -0.1) is 0 Å². The van der Waals surface area contributed by atoms with Gasteiger partial charge in [-0.05, 0) is 40.0 Å². The van der Waals surface area contributed by atoms with Crippen molar-refractivity contribution in [3.8, 4) is 5.75 Å². The van der Waals surface area contributed by atoms with Gasteiger partial charge in [0.1, 0.15) is 0 Å². The van der Waals surface area contributed by atoms with Crippen LogP contribution in [0, 0.1) is 5.82 Å². The molecule has 108 valence electrons. The first-order valence-corrected chi connectivity index (χ1v) is 7.18. The molecule has 0 amide bonds. The molecule has 0 saturated carbocycles. The predicted octanol–water partition coefficient (Wildman–Crippen LogP) is 3.25. The molecular formula is C14H17BrFN3O. The summed E-state index contributed by atoms with van der Waals surface area (Å²) in [5.41, 5.74) is 7.78. The number of benzene rings is 1. The molecule has 0 bridgehead atoms. The van der Waals surface area contributed by atoms with Crippen molar-refractivity contribution in [1.29, 1.82) is 0 Å². The zero-order chi connectivity index (χ0) is 14.7. The third-order valence-electron chi connectivity index (χ3n) is 3.10. The Kier molecular flexibility index (Phi) is 4.77. The van der Waals surface area contributed by atoms with Crippen LogP contribution in [-0.2, 0) is 6.54 Å². The van der Waals surface area contributed by atoms with Gasteiger partial charge in [-0.25, -0.2) is 4.39 Å². The first kappa shape index (κ1) is 15.0. The number of halogens is 2. The number of aromatic nitrogens is 2. The minimum Gasteiger partial charge on any atom is -0.494 e. The van der Waals surface area contributed by atoms with Crippen LogP contribution < -0.4 is 10.5 Å². The number of hydrogen-bond donors (Lipinski definition) is 1. The van der Waals surface area contributed by atoms with E-state index in [-0.39, 0.29) is 5.75 Å². The fourth-order valence-electron chi connectivity index (χ4n) is 2.11. The number of rotatable bonds is 5. The van der Waals surface area contributed by atoms with E-state index in [1.54, 1.807) is 18.3 Å². The molecule has 1 aromatic carbocycles. The Bertz CT molecular complexity index is 600. The van der Waals surface area contributed by atoms with Crippen LogP contribution in [0.1, 0.15) is 30.6 Å². The van der Waals surface area contributed by atoms with Crippen molar-refractivity contribution >= 4 is 15.9 Å². The van der Waals surface area contributed by atoms with Crippen LogP contribution in [0.2, 0.25) is 0 Å². The number of methoxy groups -OCH3 is 1. The standard InChI is InChI=1S/C14H17BrFN3O/c1-3-6-19-14(10(15)8-18-19)13(17)9-4-5-12(20-2)11(16)7-9/h4-5,7-8,13H,3,6,17H2,1-2H3. The molecule has 1 unspecified atom stereocenters. The Morgan fingerprint density at radius 3 is 2.85 bits per heavy atom. The molecule has 20 heavy (non-hydrogen) atoms. The van der Waals surface area contributed by atoms with Crippen molar-refractivity contribution in [2.45, 2.75) is 25.9 Å². The summed E-state index contributed by atoms with van der Waals surface area (Å²) in [5, 5.41) is 4.28. The van der Waals surface area contributed by atoms with Crippen molar-refractivity contribution < 1.29 is 9.13 Å². The molecule has 2 aromatic rings. The molecule has 2 rings (SSSR count). The molecule has 1 heterocycles. The topological polar surface area (TPSA) is 53.1 Å². The van der Waals surface area contributed by atoms with Gasteiger partial charge in [0.25, 0.3) is 0 Å². The third kappa shape index (κ3) is 2.86. The maximum Gasteiger partial charge on any atom is 0.165 e. The normalized spacial score (nSPS) is 12.4. The average molecular weight is 342 g/mol. The van der Waals surface area contributed by atoms with Crippen molar-refractivity contribution in [2.24, 2.45) is 5.73 Å². The SMILES string of the molecule is CCCn1ncc(Br)c1C(N)c1ccc(OC)c(F)c1. The summed E-state index contributed by atoms with van der Waals surface area (Å²) in [7, 11) is 1.44. The Morgan fingerprint density at radius 1 is 1.50 bits per heavy atom. The van der Waals surface area contributed by atoms with Gasteiger partial charge < -0.3 is 10.5 Å². The second-order valence-corrected chi connectivity index (χ2v) is 5.33. The second kappa shape index (κ2) is 6.37. The summed E-state index contributed by atoms with van der Waals surface area (Å²) in [4.78, 5) is 0. The van der Waals surface area contributed by atoms with Crippen molar-refractivity contribution in [1.82, 2.24) is 9.78 Å².